The van der Waals surface area contributed by atoms with Gasteiger partial charge in [0.25, 0.3) is 0 Å². The van der Waals surface area contributed by atoms with Crippen LogP contribution in [0.4, 0.5) is 5.82 Å². The van der Waals surface area contributed by atoms with Crippen LogP contribution >= 0.6 is 0 Å². The number of hydrogen-bond acceptors (Lipinski definition) is 7. The van der Waals surface area contributed by atoms with Crippen LogP contribution in [0, 0.1) is 0 Å². The lowest BCUT2D eigenvalue weighted by molar-refractivity contribution is 0.163. The van der Waals surface area contributed by atoms with E-state index in [1.807, 2.05) is 6.20 Å². The number of nitrogens with two attached hydrogens (primary N) is 1. The van der Waals surface area contributed by atoms with Crippen molar-refractivity contribution in [1.82, 2.24) is 29.9 Å². The fraction of sp³-hybridized carbons (Fsp3) is 0.692. The van der Waals surface area contributed by atoms with E-state index < -0.39 is 0 Å². The van der Waals surface area contributed by atoms with Crippen LogP contribution in [-0.2, 0) is 0 Å². The Morgan fingerprint density at radius 1 is 1.10 bits per heavy atom. The molecule has 0 amide bonds. The van der Waals surface area contributed by atoms with Gasteiger partial charge in [0.05, 0.1) is 12.4 Å². The molecule has 1 atom stereocenters. The number of likely N-dealkylation sites (tertiary alicyclic amines) is 1. The maximum Gasteiger partial charge on any atom is 0.199 e. The van der Waals surface area contributed by atoms with E-state index in [2.05, 4.69) is 30.3 Å². The van der Waals surface area contributed by atoms with Gasteiger partial charge >= 0.3 is 0 Å². The van der Waals surface area contributed by atoms with E-state index in [4.69, 9.17) is 5.73 Å². The molecule has 2 aliphatic heterocycles. The van der Waals surface area contributed by atoms with Gasteiger partial charge in [0.15, 0.2) is 11.5 Å². The number of hydrogen-bond donors (Lipinski definition) is 1. The number of fused-ring (bicyclic) bond motifs is 1. The summed E-state index contributed by atoms with van der Waals surface area (Å²) in [6, 6.07) is 0.988. The van der Waals surface area contributed by atoms with Crippen molar-refractivity contribution in [3.05, 3.63) is 12.4 Å². The predicted octanol–water partition coefficient (Wildman–Crippen LogP) is -0.479. The van der Waals surface area contributed by atoms with Crippen molar-refractivity contribution in [3.8, 4) is 0 Å². The third kappa shape index (κ3) is 2.34. The standard InChI is InChI=1S/C13H20N8/c14-10-1-4-19(5-2-10)11-3-6-20(9-11)13-8-15-7-12-16-17-18-21(12)13/h7-8,10-11H,1-6,9,14H2. The molecule has 2 saturated heterocycles. The van der Waals surface area contributed by atoms with Gasteiger partial charge in [-0.2, -0.15) is 4.52 Å². The predicted molar refractivity (Wildman–Crippen MR) is 78.0 cm³/mol. The molecule has 0 saturated carbocycles. The molecule has 2 aliphatic rings. The SMILES string of the molecule is NC1CCN(C2CCN(c3cncc4nnnn34)C2)CC1. The van der Waals surface area contributed by atoms with E-state index >= 15 is 0 Å². The zero-order chi connectivity index (χ0) is 14.2. The van der Waals surface area contributed by atoms with Crippen molar-refractivity contribution < 1.29 is 0 Å². The first kappa shape index (κ1) is 12.9. The van der Waals surface area contributed by atoms with Crippen LogP contribution in [0.2, 0.25) is 0 Å². The number of nitrogens with zero attached hydrogens (tertiary/aromatic N) is 7. The number of tetrazole rings is 1. The maximum absolute atomic E-state index is 5.99. The normalized spacial score (nSPS) is 25.0. The molecule has 112 valence electrons. The largest absolute Gasteiger partial charge is 0.354 e. The molecule has 4 heterocycles. The molecule has 2 fully saturated rings. The van der Waals surface area contributed by atoms with Crippen LogP contribution in [-0.4, -0.2) is 68.2 Å². The van der Waals surface area contributed by atoms with Crippen molar-refractivity contribution in [2.75, 3.05) is 31.1 Å². The smallest absolute Gasteiger partial charge is 0.199 e. The van der Waals surface area contributed by atoms with Crippen molar-refractivity contribution >= 4 is 11.5 Å². The highest BCUT2D eigenvalue weighted by atomic mass is 15.5. The van der Waals surface area contributed by atoms with E-state index in [0.717, 1.165) is 44.8 Å². The second kappa shape index (κ2) is 5.19. The van der Waals surface area contributed by atoms with Crippen LogP contribution in [0.5, 0.6) is 0 Å². The minimum absolute atomic E-state index is 0.387. The first-order chi connectivity index (χ1) is 10.3. The molecule has 0 aromatic carbocycles. The fourth-order valence-corrected chi connectivity index (χ4v) is 3.41. The van der Waals surface area contributed by atoms with Crippen LogP contribution in [0.3, 0.4) is 0 Å². The lowest BCUT2D eigenvalue weighted by Crippen LogP contribution is -2.46. The molecule has 0 aliphatic carbocycles. The average Bonchev–Trinajstić information content (AvgIpc) is 3.16. The second-order valence-corrected chi connectivity index (χ2v) is 5.98. The Bertz CT molecular complexity index is 617. The van der Waals surface area contributed by atoms with Crippen molar-refractivity contribution in [2.24, 2.45) is 5.73 Å². The summed E-state index contributed by atoms with van der Waals surface area (Å²) in [6.07, 6.45) is 6.93. The molecule has 2 aromatic heterocycles. The molecular weight excluding hydrogens is 268 g/mol. The van der Waals surface area contributed by atoms with E-state index in [9.17, 15) is 0 Å². The number of anilines is 1. The monoisotopic (exact) mass is 288 g/mol. The molecule has 1 unspecified atom stereocenters. The van der Waals surface area contributed by atoms with Crippen molar-refractivity contribution in [3.63, 3.8) is 0 Å². The summed E-state index contributed by atoms with van der Waals surface area (Å²) in [5.41, 5.74) is 6.69. The summed E-state index contributed by atoms with van der Waals surface area (Å²) in [5, 5.41) is 11.7. The zero-order valence-corrected chi connectivity index (χ0v) is 12.0. The molecule has 0 spiro atoms. The van der Waals surface area contributed by atoms with E-state index in [0.29, 0.717) is 17.7 Å². The van der Waals surface area contributed by atoms with Gasteiger partial charge in [0.2, 0.25) is 0 Å². The molecule has 2 N–H and O–H groups in total. The quantitative estimate of drug-likeness (QED) is 0.798. The third-order valence-electron chi connectivity index (χ3n) is 4.67. The minimum Gasteiger partial charge on any atom is -0.354 e. The van der Waals surface area contributed by atoms with Gasteiger partial charge in [0.1, 0.15) is 0 Å². The number of piperidine rings is 1. The number of aromatic nitrogens is 5. The van der Waals surface area contributed by atoms with E-state index in [1.165, 1.54) is 6.42 Å². The highest BCUT2D eigenvalue weighted by Crippen LogP contribution is 2.24. The Morgan fingerprint density at radius 2 is 1.95 bits per heavy atom. The van der Waals surface area contributed by atoms with Gasteiger partial charge in [-0.1, -0.05) is 0 Å². The van der Waals surface area contributed by atoms with Crippen LogP contribution in [0.15, 0.2) is 12.4 Å². The Morgan fingerprint density at radius 3 is 2.81 bits per heavy atom. The Kier molecular flexibility index (Phi) is 3.19. The van der Waals surface area contributed by atoms with Crippen LogP contribution in [0.1, 0.15) is 19.3 Å². The summed E-state index contributed by atoms with van der Waals surface area (Å²) in [4.78, 5) is 9.15. The van der Waals surface area contributed by atoms with Gasteiger partial charge in [-0.15, -0.1) is 5.10 Å². The fourth-order valence-electron chi connectivity index (χ4n) is 3.41. The molecule has 8 heteroatoms. The molecule has 0 radical (unpaired) electrons. The van der Waals surface area contributed by atoms with Gasteiger partial charge < -0.3 is 10.6 Å². The first-order valence-corrected chi connectivity index (χ1v) is 7.58. The van der Waals surface area contributed by atoms with Gasteiger partial charge in [-0.3, -0.25) is 9.88 Å². The lowest BCUT2D eigenvalue weighted by Gasteiger charge is -2.34. The molecule has 21 heavy (non-hydrogen) atoms. The molecule has 2 aromatic rings. The van der Waals surface area contributed by atoms with Crippen molar-refractivity contribution in [2.45, 2.75) is 31.3 Å². The summed E-state index contributed by atoms with van der Waals surface area (Å²) < 4.78 is 1.77. The summed E-state index contributed by atoms with van der Waals surface area (Å²) in [5.74, 6) is 0.980. The second-order valence-electron chi connectivity index (χ2n) is 5.98. The zero-order valence-electron chi connectivity index (χ0n) is 12.0. The third-order valence-corrected chi connectivity index (χ3v) is 4.67. The lowest BCUT2D eigenvalue weighted by atomic mass is 10.0. The van der Waals surface area contributed by atoms with E-state index in [1.54, 1.807) is 10.7 Å². The Labute approximate surface area is 122 Å². The maximum atomic E-state index is 5.99. The topological polar surface area (TPSA) is 88.5 Å². The molecule has 4 rings (SSSR count). The van der Waals surface area contributed by atoms with Crippen molar-refractivity contribution in [1.29, 1.82) is 0 Å². The highest BCUT2D eigenvalue weighted by Gasteiger charge is 2.31. The van der Waals surface area contributed by atoms with Crippen LogP contribution < -0.4 is 10.6 Å². The van der Waals surface area contributed by atoms with Gasteiger partial charge in [-0.05, 0) is 42.8 Å². The summed E-state index contributed by atoms with van der Waals surface area (Å²) in [7, 11) is 0. The summed E-state index contributed by atoms with van der Waals surface area (Å²) >= 11 is 0. The average molecular weight is 288 g/mol. The molecule has 8 nitrogen and oxygen atoms in total. The Balaban J connectivity index is 1.50. The Hall–Kier alpha value is -1.80. The van der Waals surface area contributed by atoms with Crippen LogP contribution in [0.25, 0.3) is 5.65 Å². The highest BCUT2D eigenvalue weighted by molar-refractivity contribution is 5.46. The minimum atomic E-state index is 0.387. The van der Waals surface area contributed by atoms with E-state index in [-0.39, 0.29) is 0 Å². The van der Waals surface area contributed by atoms with Gasteiger partial charge in [-0.25, -0.2) is 0 Å². The first-order valence-electron chi connectivity index (χ1n) is 7.58. The molecular formula is C13H20N8. The molecule has 0 bridgehead atoms. The number of rotatable bonds is 2. The van der Waals surface area contributed by atoms with Gasteiger partial charge in [0, 0.05) is 25.2 Å². The summed E-state index contributed by atoms with van der Waals surface area (Å²) in [6.45, 7) is 4.27.